The van der Waals surface area contributed by atoms with Gasteiger partial charge in [0, 0.05) is 17.1 Å². The molecule has 1 fully saturated rings. The highest BCUT2D eigenvalue weighted by Gasteiger charge is 2.44. The smallest absolute Gasteiger partial charge is 0.337 e. The molecule has 0 spiro atoms. The first-order valence-corrected chi connectivity index (χ1v) is 7.69. The highest BCUT2D eigenvalue weighted by atomic mass is 16.7. The molecule has 0 aromatic heterocycles. The van der Waals surface area contributed by atoms with Gasteiger partial charge in [-0.3, -0.25) is 4.79 Å². The Labute approximate surface area is 134 Å². The molecule has 23 heavy (non-hydrogen) atoms. The molecule has 3 atom stereocenters. The van der Waals surface area contributed by atoms with Crippen molar-refractivity contribution in [3.63, 3.8) is 0 Å². The van der Waals surface area contributed by atoms with Crippen LogP contribution in [0, 0.1) is 5.92 Å². The zero-order valence-corrected chi connectivity index (χ0v) is 13.0. The van der Waals surface area contributed by atoms with E-state index in [9.17, 15) is 9.59 Å². The molecule has 2 aliphatic heterocycles. The van der Waals surface area contributed by atoms with Crippen molar-refractivity contribution in [2.45, 2.75) is 32.6 Å². The second-order valence-electron chi connectivity index (χ2n) is 6.22. The van der Waals surface area contributed by atoms with Crippen LogP contribution in [0.2, 0.25) is 0 Å². The van der Waals surface area contributed by atoms with Crippen molar-refractivity contribution < 1.29 is 19.1 Å². The van der Waals surface area contributed by atoms with E-state index in [2.05, 4.69) is 17.4 Å². The minimum atomic E-state index is -0.731. The third kappa shape index (κ3) is 2.07. The number of ether oxygens (including phenoxy) is 2. The molecule has 1 N–H and O–H groups in total. The van der Waals surface area contributed by atoms with E-state index in [1.807, 2.05) is 12.1 Å². The lowest BCUT2D eigenvalue weighted by Gasteiger charge is -2.13. The van der Waals surface area contributed by atoms with Crippen molar-refractivity contribution >= 4 is 11.9 Å². The van der Waals surface area contributed by atoms with Crippen LogP contribution in [0.3, 0.4) is 0 Å². The number of rotatable bonds is 2. The normalized spacial score (nSPS) is 30.3. The lowest BCUT2D eigenvalue weighted by Crippen LogP contribution is -2.19. The first-order valence-electron chi connectivity index (χ1n) is 7.69. The third-order valence-corrected chi connectivity index (χ3v) is 4.96. The summed E-state index contributed by atoms with van der Waals surface area (Å²) in [6.07, 6.45) is 1.55. The average Bonchev–Trinajstić information content (AvgIpc) is 3.12. The van der Waals surface area contributed by atoms with Crippen LogP contribution in [0.5, 0.6) is 0 Å². The van der Waals surface area contributed by atoms with E-state index in [0.717, 1.165) is 12.0 Å². The summed E-state index contributed by atoms with van der Waals surface area (Å²) in [6, 6.07) is 8.15. The molecule has 5 nitrogen and oxygen atoms in total. The molecule has 1 aromatic rings. The van der Waals surface area contributed by atoms with Gasteiger partial charge in [0.2, 0.25) is 0 Å². The predicted octanol–water partition coefficient (Wildman–Crippen LogP) is 2.15. The molecule has 1 aromatic carbocycles. The summed E-state index contributed by atoms with van der Waals surface area (Å²) in [5, 5.41) is 3.02. The largest absolute Gasteiger partial charge is 0.458 e. The summed E-state index contributed by atoms with van der Waals surface area (Å²) in [6.45, 7) is 3.51. The molecule has 118 valence electrons. The Morgan fingerprint density at radius 1 is 1.26 bits per heavy atom. The molecule has 0 radical (unpaired) electrons. The van der Waals surface area contributed by atoms with Crippen molar-refractivity contribution in [3.05, 3.63) is 58.4 Å². The molecule has 3 aliphatic rings. The Hall–Kier alpha value is -2.56. The summed E-state index contributed by atoms with van der Waals surface area (Å²) in [7, 11) is 0. The van der Waals surface area contributed by atoms with Crippen molar-refractivity contribution in [2.75, 3.05) is 0 Å². The van der Waals surface area contributed by atoms with Crippen molar-refractivity contribution in [3.8, 4) is 0 Å². The van der Waals surface area contributed by atoms with Gasteiger partial charge in [0.25, 0.3) is 12.2 Å². The highest BCUT2D eigenvalue weighted by molar-refractivity contribution is 5.97. The quantitative estimate of drug-likeness (QED) is 0.516. The second kappa shape index (κ2) is 4.98. The molecule has 0 bridgehead atoms. The molecule has 2 heterocycles. The maximum Gasteiger partial charge on any atom is 0.337 e. The van der Waals surface area contributed by atoms with Gasteiger partial charge in [0.1, 0.15) is 0 Å². The molecule has 5 heteroatoms. The van der Waals surface area contributed by atoms with Crippen LogP contribution >= 0.6 is 0 Å². The summed E-state index contributed by atoms with van der Waals surface area (Å²) in [5.41, 5.74) is 4.35. The van der Waals surface area contributed by atoms with E-state index < -0.39 is 6.29 Å². The van der Waals surface area contributed by atoms with Gasteiger partial charge >= 0.3 is 5.97 Å². The molecule has 4 rings (SSSR count). The topological polar surface area (TPSA) is 64.6 Å². The number of fused-ring (bicyclic) bond motifs is 3. The van der Waals surface area contributed by atoms with Gasteiger partial charge in [-0.15, -0.1) is 0 Å². The fourth-order valence-electron chi connectivity index (χ4n) is 3.47. The van der Waals surface area contributed by atoms with E-state index in [-0.39, 0.29) is 23.8 Å². The zero-order valence-electron chi connectivity index (χ0n) is 13.0. The second-order valence-corrected chi connectivity index (χ2v) is 6.22. The van der Waals surface area contributed by atoms with Crippen LogP contribution < -0.4 is 5.32 Å². The van der Waals surface area contributed by atoms with Crippen LogP contribution in [0.4, 0.5) is 0 Å². The minimum absolute atomic E-state index is 0.0121. The Kier molecular flexibility index (Phi) is 3.04. The minimum Gasteiger partial charge on any atom is -0.458 e. The number of benzene rings is 1. The number of carbonyl (C=O) groups is 2. The lowest BCUT2D eigenvalue weighted by atomic mass is 9.97. The Morgan fingerprint density at radius 2 is 2.04 bits per heavy atom. The number of carbonyl (C=O) groups excluding carboxylic acids is 2. The molecular weight excluding hydrogens is 294 g/mol. The molecular formula is C18H17NO4. The third-order valence-electron chi connectivity index (χ3n) is 4.96. The van der Waals surface area contributed by atoms with E-state index >= 15 is 0 Å². The maximum atomic E-state index is 12.2. The van der Waals surface area contributed by atoms with Gasteiger partial charge in [0.05, 0.1) is 17.9 Å². The van der Waals surface area contributed by atoms with Crippen LogP contribution in [0.25, 0.3) is 0 Å². The molecule has 0 saturated carbocycles. The number of amides is 1. The molecule has 1 amide bonds. The summed E-state index contributed by atoms with van der Waals surface area (Å²) < 4.78 is 10.7. The van der Waals surface area contributed by atoms with Crippen molar-refractivity contribution in [1.82, 2.24) is 5.32 Å². The van der Waals surface area contributed by atoms with Gasteiger partial charge in [-0.25, -0.2) is 4.79 Å². The van der Waals surface area contributed by atoms with Gasteiger partial charge in [-0.05, 0) is 31.4 Å². The predicted molar refractivity (Wildman–Crippen MR) is 81.9 cm³/mol. The van der Waals surface area contributed by atoms with Crippen molar-refractivity contribution in [2.24, 2.45) is 5.92 Å². The SMILES string of the molecule is CC1=C(C)[C@@H](O/C=C2/C(=O)N[C@@H]3c4ccccc4C[C@H]23)OC1=O. The number of esters is 1. The molecule has 0 unspecified atom stereocenters. The fraction of sp³-hybridized carbons (Fsp3) is 0.333. The van der Waals surface area contributed by atoms with Crippen LogP contribution in [-0.4, -0.2) is 18.2 Å². The van der Waals surface area contributed by atoms with E-state index in [4.69, 9.17) is 9.47 Å². The average molecular weight is 311 g/mol. The first-order chi connectivity index (χ1) is 11.1. The zero-order chi connectivity index (χ0) is 16.1. The lowest BCUT2D eigenvalue weighted by molar-refractivity contribution is -0.153. The van der Waals surface area contributed by atoms with Crippen LogP contribution in [-0.2, 0) is 25.5 Å². The van der Waals surface area contributed by atoms with E-state index in [1.165, 1.54) is 17.4 Å². The summed E-state index contributed by atoms with van der Waals surface area (Å²) >= 11 is 0. The van der Waals surface area contributed by atoms with Crippen LogP contribution in [0.1, 0.15) is 31.0 Å². The standard InChI is InChI=1S/C18H17NO4/c1-9-10(2)18(23-17(9)21)22-8-14-13-7-11-5-3-4-6-12(11)15(13)19-16(14)20/h3-6,8,13,15,18H,7H2,1-2H3,(H,19,20)/b14-8+/t13-,15-,18+/m1/s1. The highest BCUT2D eigenvalue weighted by Crippen LogP contribution is 2.44. The maximum absolute atomic E-state index is 12.2. The number of hydrogen-bond acceptors (Lipinski definition) is 4. The van der Waals surface area contributed by atoms with Gasteiger partial charge in [-0.2, -0.15) is 0 Å². The van der Waals surface area contributed by atoms with Crippen LogP contribution in [0.15, 0.2) is 47.2 Å². The first kappa shape index (κ1) is 14.1. The molecule has 1 aliphatic carbocycles. The van der Waals surface area contributed by atoms with E-state index in [0.29, 0.717) is 11.1 Å². The van der Waals surface area contributed by atoms with Crippen molar-refractivity contribution in [1.29, 1.82) is 0 Å². The molecule has 1 saturated heterocycles. The van der Waals surface area contributed by atoms with Gasteiger partial charge in [-0.1, -0.05) is 24.3 Å². The fourth-order valence-corrected chi connectivity index (χ4v) is 3.47. The summed E-state index contributed by atoms with van der Waals surface area (Å²) in [5.74, 6) is -0.410. The number of hydrogen-bond donors (Lipinski definition) is 1. The number of nitrogens with one attached hydrogen (secondary N) is 1. The van der Waals surface area contributed by atoms with Gasteiger partial charge in [0.15, 0.2) is 0 Å². The summed E-state index contributed by atoms with van der Waals surface area (Å²) in [4.78, 5) is 23.8. The monoisotopic (exact) mass is 311 g/mol. The van der Waals surface area contributed by atoms with E-state index in [1.54, 1.807) is 13.8 Å². The number of cyclic esters (lactones) is 1. The van der Waals surface area contributed by atoms with Gasteiger partial charge < -0.3 is 14.8 Å². The Balaban J connectivity index is 1.57. The Morgan fingerprint density at radius 3 is 2.78 bits per heavy atom. The Bertz CT molecular complexity index is 777.